The highest BCUT2D eigenvalue weighted by Gasteiger charge is 2.31. The first kappa shape index (κ1) is 8.66. The first-order valence-corrected chi connectivity index (χ1v) is 8.51. The Bertz CT molecular complexity index is 110. The molecule has 0 saturated carbocycles. The van der Waals surface area contributed by atoms with Crippen LogP contribution in [0.3, 0.4) is 0 Å². The summed E-state index contributed by atoms with van der Waals surface area (Å²) in [5.41, 5.74) is 0. The molecule has 0 aromatic carbocycles. The lowest BCUT2D eigenvalue weighted by Gasteiger charge is -2.35. The molecule has 1 rings (SSSR count). The van der Waals surface area contributed by atoms with Gasteiger partial charge in [0, 0.05) is 8.07 Å². The van der Waals surface area contributed by atoms with Gasteiger partial charge in [-0.15, -0.1) is 0 Å². The zero-order chi connectivity index (χ0) is 7.78. The highest BCUT2D eigenvalue weighted by atomic mass is 32.2. The van der Waals surface area contributed by atoms with Crippen molar-refractivity contribution < 1.29 is 0 Å². The van der Waals surface area contributed by atoms with Gasteiger partial charge in [0.15, 0.2) is 0 Å². The number of hydrogen-bond acceptors (Lipinski definition) is 1. The molecule has 0 N–H and O–H groups in total. The third-order valence-electron chi connectivity index (χ3n) is 2.14. The van der Waals surface area contributed by atoms with Crippen molar-refractivity contribution in [3.8, 4) is 0 Å². The number of rotatable bonds is 0. The topological polar surface area (TPSA) is 0 Å². The van der Waals surface area contributed by atoms with Crippen LogP contribution < -0.4 is 0 Å². The highest BCUT2D eigenvalue weighted by molar-refractivity contribution is 8.00. The maximum absolute atomic E-state index is 2.53. The minimum Gasteiger partial charge on any atom is -0.156 e. The zero-order valence-corrected chi connectivity index (χ0v) is 9.29. The van der Waals surface area contributed by atoms with Gasteiger partial charge < -0.3 is 0 Å². The lowest BCUT2D eigenvalue weighted by molar-refractivity contribution is 0.951. The third kappa shape index (κ3) is 2.31. The van der Waals surface area contributed by atoms with Crippen molar-refractivity contribution in [2.75, 3.05) is 0 Å². The van der Waals surface area contributed by atoms with Gasteiger partial charge in [-0.05, 0) is 22.6 Å². The molecule has 1 saturated heterocycles. The van der Waals surface area contributed by atoms with Gasteiger partial charge in [-0.2, -0.15) is 11.8 Å². The molecule has 0 aliphatic carbocycles. The summed E-state index contributed by atoms with van der Waals surface area (Å²) in [5.74, 6) is 0. The number of hydrogen-bond donors (Lipinski definition) is 0. The van der Waals surface area contributed by atoms with Crippen LogP contribution >= 0.6 is 11.8 Å². The summed E-state index contributed by atoms with van der Waals surface area (Å²) in [6.07, 6.45) is 0. The van der Waals surface area contributed by atoms with Gasteiger partial charge >= 0.3 is 0 Å². The minimum absolute atomic E-state index is 0.737. The van der Waals surface area contributed by atoms with Crippen LogP contribution in [-0.4, -0.2) is 18.6 Å². The molecule has 0 spiro atoms. The molecule has 0 bridgehead atoms. The van der Waals surface area contributed by atoms with E-state index in [9.17, 15) is 0 Å². The zero-order valence-electron chi connectivity index (χ0n) is 7.48. The molecule has 2 heteroatoms. The summed E-state index contributed by atoms with van der Waals surface area (Å²) in [6.45, 7) is 9.82. The minimum atomic E-state index is -0.737. The van der Waals surface area contributed by atoms with Crippen LogP contribution in [-0.2, 0) is 0 Å². The molecule has 0 aromatic heterocycles. The van der Waals surface area contributed by atoms with E-state index in [4.69, 9.17) is 0 Å². The fourth-order valence-corrected chi connectivity index (χ4v) is 9.68. The summed E-state index contributed by atoms with van der Waals surface area (Å²) >= 11 is 2.18. The van der Waals surface area contributed by atoms with Gasteiger partial charge in [-0.25, -0.2) is 0 Å². The van der Waals surface area contributed by atoms with Crippen molar-refractivity contribution in [3.63, 3.8) is 0 Å². The van der Waals surface area contributed by atoms with Crippen LogP contribution in [0.2, 0.25) is 25.2 Å². The maximum atomic E-state index is 2.53. The molecule has 0 nitrogen and oxygen atoms in total. The second-order valence-corrected chi connectivity index (χ2v) is 11.4. The molecule has 60 valence electrons. The third-order valence-corrected chi connectivity index (χ3v) is 7.43. The Kier molecular flexibility index (Phi) is 2.51. The van der Waals surface area contributed by atoms with E-state index in [2.05, 4.69) is 38.7 Å². The first-order chi connectivity index (χ1) is 4.49. The largest absolute Gasteiger partial charge is 0.156 e. The van der Waals surface area contributed by atoms with E-state index < -0.39 is 8.07 Å². The standard InChI is InChI=1S/C8H18SSi/c1-7-5-10(3,4)6-8(2)9-7/h7-8H,5-6H2,1-4H3. The van der Waals surface area contributed by atoms with Gasteiger partial charge in [0.1, 0.15) is 0 Å². The highest BCUT2D eigenvalue weighted by Crippen LogP contribution is 2.37. The van der Waals surface area contributed by atoms with Gasteiger partial charge in [0.05, 0.1) is 0 Å². The quantitative estimate of drug-likeness (QED) is 0.508. The summed E-state index contributed by atoms with van der Waals surface area (Å²) in [5, 5.41) is 1.87. The van der Waals surface area contributed by atoms with E-state index in [0.717, 1.165) is 10.5 Å². The van der Waals surface area contributed by atoms with Crippen LogP contribution in [0.4, 0.5) is 0 Å². The van der Waals surface area contributed by atoms with Gasteiger partial charge in [0.25, 0.3) is 0 Å². The molecule has 1 heterocycles. The Morgan fingerprint density at radius 3 is 1.80 bits per heavy atom. The van der Waals surface area contributed by atoms with Crippen molar-refractivity contribution in [2.24, 2.45) is 0 Å². The number of thioether (sulfide) groups is 1. The second-order valence-electron chi connectivity index (χ2n) is 4.33. The Labute approximate surface area is 69.8 Å². The summed E-state index contributed by atoms with van der Waals surface area (Å²) in [6, 6.07) is 3.06. The van der Waals surface area contributed by atoms with E-state index in [1.807, 2.05) is 0 Å². The summed E-state index contributed by atoms with van der Waals surface area (Å²) in [7, 11) is -0.737. The lowest BCUT2D eigenvalue weighted by atomic mass is 10.5. The lowest BCUT2D eigenvalue weighted by Crippen LogP contribution is -2.36. The van der Waals surface area contributed by atoms with Gasteiger partial charge in [-0.1, -0.05) is 26.9 Å². The fourth-order valence-electron chi connectivity index (χ4n) is 2.13. The summed E-state index contributed by atoms with van der Waals surface area (Å²) in [4.78, 5) is 0. The van der Waals surface area contributed by atoms with Crippen molar-refractivity contribution in [3.05, 3.63) is 0 Å². The average molecular weight is 174 g/mol. The van der Waals surface area contributed by atoms with Crippen molar-refractivity contribution in [1.82, 2.24) is 0 Å². The van der Waals surface area contributed by atoms with E-state index >= 15 is 0 Å². The Morgan fingerprint density at radius 2 is 1.50 bits per heavy atom. The Hall–Kier alpha value is 0.567. The van der Waals surface area contributed by atoms with Crippen molar-refractivity contribution in [1.29, 1.82) is 0 Å². The molecular formula is C8H18SSi. The second kappa shape index (κ2) is 2.90. The normalized spacial score (nSPS) is 39.6. The predicted octanol–water partition coefficient (Wildman–Crippen LogP) is 3.22. The molecule has 0 aromatic rings. The van der Waals surface area contributed by atoms with Crippen molar-refractivity contribution in [2.45, 2.75) is 49.5 Å². The van der Waals surface area contributed by atoms with Crippen LogP contribution in [0, 0.1) is 0 Å². The van der Waals surface area contributed by atoms with E-state index in [1.54, 1.807) is 0 Å². The van der Waals surface area contributed by atoms with Crippen LogP contribution in [0.15, 0.2) is 0 Å². The van der Waals surface area contributed by atoms with E-state index in [-0.39, 0.29) is 0 Å². The first-order valence-electron chi connectivity index (χ1n) is 4.15. The average Bonchev–Trinajstić information content (AvgIpc) is 1.54. The predicted molar refractivity (Wildman–Crippen MR) is 53.6 cm³/mol. The molecule has 1 aliphatic rings. The fraction of sp³-hybridized carbons (Fsp3) is 1.00. The van der Waals surface area contributed by atoms with E-state index in [0.29, 0.717) is 0 Å². The molecule has 2 atom stereocenters. The Morgan fingerprint density at radius 1 is 1.10 bits per heavy atom. The smallest absolute Gasteiger partial charge is 0.0495 e. The molecule has 1 fully saturated rings. The molecule has 0 amide bonds. The van der Waals surface area contributed by atoms with Gasteiger partial charge in [-0.3, -0.25) is 0 Å². The summed E-state index contributed by atoms with van der Waals surface area (Å²) < 4.78 is 0. The maximum Gasteiger partial charge on any atom is 0.0495 e. The monoisotopic (exact) mass is 174 g/mol. The molecule has 0 radical (unpaired) electrons. The SMILES string of the molecule is CC1C[Si](C)(C)CC(C)S1. The molecule has 1 aliphatic heterocycles. The van der Waals surface area contributed by atoms with Gasteiger partial charge in [0.2, 0.25) is 0 Å². The molecule has 2 unspecified atom stereocenters. The van der Waals surface area contributed by atoms with Crippen LogP contribution in [0.5, 0.6) is 0 Å². The molecular weight excluding hydrogens is 156 g/mol. The van der Waals surface area contributed by atoms with E-state index in [1.165, 1.54) is 12.1 Å². The van der Waals surface area contributed by atoms with Crippen LogP contribution in [0.1, 0.15) is 13.8 Å². The van der Waals surface area contributed by atoms with Crippen molar-refractivity contribution >= 4 is 19.8 Å². The Balaban J connectivity index is 2.51. The van der Waals surface area contributed by atoms with Crippen LogP contribution in [0.25, 0.3) is 0 Å². The molecule has 10 heavy (non-hydrogen) atoms.